The molecular weight excluding hydrogens is 348 g/mol. The van der Waals surface area contributed by atoms with Gasteiger partial charge in [0, 0.05) is 25.6 Å². The first-order chi connectivity index (χ1) is 12.0. The maximum atomic E-state index is 13.0. The van der Waals surface area contributed by atoms with Crippen LogP contribution in [0.25, 0.3) is 5.69 Å². The maximum Gasteiger partial charge on any atom is 0.257 e. The quantitative estimate of drug-likeness (QED) is 0.802. The minimum Gasteiger partial charge on any atom is -0.342 e. The molecule has 1 atom stereocenters. The number of hydrogen-bond donors (Lipinski definition) is 1. The summed E-state index contributed by atoms with van der Waals surface area (Å²) in [5.74, 6) is 0.902. The van der Waals surface area contributed by atoms with Crippen LogP contribution in [-0.2, 0) is 0 Å². The average Bonchev–Trinajstić information content (AvgIpc) is 3.37. The van der Waals surface area contributed by atoms with Crippen molar-refractivity contribution in [3.63, 3.8) is 0 Å². The monoisotopic (exact) mass is 376 g/mol. The number of hydrogen-bond acceptors (Lipinski definition) is 3. The van der Waals surface area contributed by atoms with E-state index in [4.69, 9.17) is 5.73 Å². The number of nitrogens with zero attached hydrogens (tertiary/aromatic N) is 3. The van der Waals surface area contributed by atoms with Crippen LogP contribution in [0.4, 0.5) is 0 Å². The van der Waals surface area contributed by atoms with Crippen molar-refractivity contribution in [1.29, 1.82) is 0 Å². The zero-order valence-corrected chi connectivity index (χ0v) is 16.6. The number of rotatable bonds is 7. The predicted molar refractivity (Wildman–Crippen MR) is 107 cm³/mol. The molecular formula is C20H29ClN4O. The van der Waals surface area contributed by atoms with Crippen LogP contribution in [0.15, 0.2) is 36.5 Å². The van der Waals surface area contributed by atoms with Gasteiger partial charge in [0.15, 0.2) is 0 Å². The largest absolute Gasteiger partial charge is 0.342 e. The third-order valence-corrected chi connectivity index (χ3v) is 5.00. The van der Waals surface area contributed by atoms with Gasteiger partial charge in [0.2, 0.25) is 0 Å². The lowest BCUT2D eigenvalue weighted by Gasteiger charge is -2.21. The van der Waals surface area contributed by atoms with Gasteiger partial charge in [0.25, 0.3) is 5.91 Å². The molecule has 0 radical (unpaired) electrons. The molecule has 0 saturated heterocycles. The molecule has 1 saturated carbocycles. The number of benzene rings is 1. The summed E-state index contributed by atoms with van der Waals surface area (Å²) in [6, 6.07) is 10.1. The number of para-hydroxylation sites is 1. The summed E-state index contributed by atoms with van der Waals surface area (Å²) in [4.78, 5) is 14.7. The number of halogens is 1. The van der Waals surface area contributed by atoms with Crippen molar-refractivity contribution in [2.45, 2.75) is 45.1 Å². The van der Waals surface area contributed by atoms with Gasteiger partial charge >= 0.3 is 0 Å². The first-order valence-electron chi connectivity index (χ1n) is 9.13. The van der Waals surface area contributed by atoms with E-state index in [9.17, 15) is 4.79 Å². The Labute approximate surface area is 162 Å². The van der Waals surface area contributed by atoms with Crippen LogP contribution in [0.5, 0.6) is 0 Å². The molecule has 0 aliphatic heterocycles. The molecule has 1 aliphatic carbocycles. The van der Waals surface area contributed by atoms with E-state index in [2.05, 4.69) is 18.9 Å². The van der Waals surface area contributed by atoms with Crippen molar-refractivity contribution < 1.29 is 4.79 Å². The van der Waals surface area contributed by atoms with E-state index in [0.29, 0.717) is 18.4 Å². The Morgan fingerprint density at radius 2 is 1.96 bits per heavy atom. The van der Waals surface area contributed by atoms with Gasteiger partial charge in [-0.1, -0.05) is 32.0 Å². The number of amides is 1. The van der Waals surface area contributed by atoms with Gasteiger partial charge in [-0.3, -0.25) is 4.79 Å². The van der Waals surface area contributed by atoms with Crippen molar-refractivity contribution in [2.75, 3.05) is 13.6 Å². The third kappa shape index (κ3) is 4.46. The van der Waals surface area contributed by atoms with Gasteiger partial charge in [-0.2, -0.15) is 5.10 Å². The molecule has 1 unspecified atom stereocenters. The Morgan fingerprint density at radius 3 is 2.54 bits per heavy atom. The molecule has 1 aliphatic rings. The SMILES string of the molecule is CC(C)C(N)CCN(C)C(=O)c1cnn(-c2ccccc2)c1C1CC1.Cl. The van der Waals surface area contributed by atoms with E-state index >= 15 is 0 Å². The fraction of sp³-hybridized carbons (Fsp3) is 0.500. The standard InChI is InChI=1S/C20H28N4O.ClH/c1-14(2)18(21)11-12-23(3)20(25)17-13-22-24(19(17)15-9-10-15)16-7-5-4-6-8-16;/h4-8,13-15,18H,9-12,21H2,1-3H3;1H. The van der Waals surface area contributed by atoms with Gasteiger partial charge in [0.05, 0.1) is 23.1 Å². The highest BCUT2D eigenvalue weighted by Gasteiger charge is 2.33. The second-order valence-corrected chi connectivity index (χ2v) is 7.39. The van der Waals surface area contributed by atoms with E-state index in [1.807, 2.05) is 42.1 Å². The summed E-state index contributed by atoms with van der Waals surface area (Å²) in [5.41, 5.74) is 8.91. The molecule has 6 heteroatoms. The highest BCUT2D eigenvalue weighted by atomic mass is 35.5. The average molecular weight is 377 g/mol. The lowest BCUT2D eigenvalue weighted by Crippen LogP contribution is -2.34. The van der Waals surface area contributed by atoms with Gasteiger partial charge in [-0.15, -0.1) is 12.4 Å². The number of carbonyl (C=O) groups excluding carboxylic acids is 1. The molecule has 1 amide bonds. The van der Waals surface area contributed by atoms with E-state index in [-0.39, 0.29) is 24.4 Å². The summed E-state index contributed by atoms with van der Waals surface area (Å²) in [6.07, 6.45) is 4.79. The summed E-state index contributed by atoms with van der Waals surface area (Å²) >= 11 is 0. The molecule has 2 N–H and O–H groups in total. The van der Waals surface area contributed by atoms with Crippen LogP contribution >= 0.6 is 12.4 Å². The van der Waals surface area contributed by atoms with E-state index in [0.717, 1.165) is 36.2 Å². The van der Waals surface area contributed by atoms with Crippen molar-refractivity contribution in [3.8, 4) is 5.69 Å². The van der Waals surface area contributed by atoms with Crippen molar-refractivity contribution >= 4 is 18.3 Å². The Bertz CT molecular complexity index is 725. The van der Waals surface area contributed by atoms with E-state index in [1.54, 1.807) is 11.1 Å². The molecule has 2 aromatic rings. The van der Waals surface area contributed by atoms with E-state index < -0.39 is 0 Å². The molecule has 1 aromatic carbocycles. The third-order valence-electron chi connectivity index (χ3n) is 5.00. The van der Waals surface area contributed by atoms with Crippen LogP contribution in [-0.4, -0.2) is 40.2 Å². The predicted octanol–water partition coefficient (Wildman–Crippen LogP) is 3.62. The van der Waals surface area contributed by atoms with Gasteiger partial charge in [0.1, 0.15) is 0 Å². The van der Waals surface area contributed by atoms with Crippen LogP contribution in [0, 0.1) is 5.92 Å². The molecule has 26 heavy (non-hydrogen) atoms. The van der Waals surface area contributed by atoms with Crippen molar-refractivity contribution in [2.24, 2.45) is 11.7 Å². The second-order valence-electron chi connectivity index (χ2n) is 7.39. The lowest BCUT2D eigenvalue weighted by atomic mass is 10.0. The molecule has 1 heterocycles. The molecule has 0 spiro atoms. The summed E-state index contributed by atoms with van der Waals surface area (Å²) in [7, 11) is 1.85. The first-order valence-corrected chi connectivity index (χ1v) is 9.13. The summed E-state index contributed by atoms with van der Waals surface area (Å²) < 4.78 is 1.93. The van der Waals surface area contributed by atoms with E-state index in [1.165, 1.54) is 0 Å². The number of aromatic nitrogens is 2. The van der Waals surface area contributed by atoms with Gasteiger partial charge in [-0.05, 0) is 37.3 Å². The minimum absolute atomic E-state index is 0. The fourth-order valence-corrected chi connectivity index (χ4v) is 3.03. The lowest BCUT2D eigenvalue weighted by molar-refractivity contribution is 0.0788. The molecule has 0 bridgehead atoms. The topological polar surface area (TPSA) is 64.2 Å². The summed E-state index contributed by atoms with van der Waals surface area (Å²) in [5, 5.41) is 4.52. The van der Waals surface area contributed by atoms with Crippen LogP contribution < -0.4 is 5.73 Å². The minimum atomic E-state index is 0. The molecule has 3 rings (SSSR count). The van der Waals surface area contributed by atoms with Crippen LogP contribution in [0.1, 0.15) is 55.1 Å². The first kappa shape index (κ1) is 20.5. The molecule has 1 fully saturated rings. The maximum absolute atomic E-state index is 13.0. The summed E-state index contributed by atoms with van der Waals surface area (Å²) in [6.45, 7) is 4.89. The van der Waals surface area contributed by atoms with Crippen LogP contribution in [0.2, 0.25) is 0 Å². The zero-order valence-electron chi connectivity index (χ0n) is 15.8. The van der Waals surface area contributed by atoms with Gasteiger partial charge in [-0.25, -0.2) is 4.68 Å². The zero-order chi connectivity index (χ0) is 18.0. The molecule has 142 valence electrons. The van der Waals surface area contributed by atoms with Crippen LogP contribution in [0.3, 0.4) is 0 Å². The normalized spacial score (nSPS) is 14.8. The Balaban J connectivity index is 0.00000243. The Hall–Kier alpha value is -1.85. The van der Waals surface area contributed by atoms with Gasteiger partial charge < -0.3 is 10.6 Å². The fourth-order valence-electron chi connectivity index (χ4n) is 3.03. The number of carbonyl (C=O) groups is 1. The second kappa shape index (κ2) is 8.69. The van der Waals surface area contributed by atoms with Crippen molar-refractivity contribution in [3.05, 3.63) is 47.8 Å². The molecule has 1 aromatic heterocycles. The smallest absolute Gasteiger partial charge is 0.257 e. The Morgan fingerprint density at radius 1 is 1.31 bits per heavy atom. The van der Waals surface area contributed by atoms with Crippen molar-refractivity contribution in [1.82, 2.24) is 14.7 Å². The molecule has 5 nitrogen and oxygen atoms in total. The highest BCUT2D eigenvalue weighted by Crippen LogP contribution is 2.42. The number of nitrogens with two attached hydrogens (primary N) is 1. The highest BCUT2D eigenvalue weighted by molar-refractivity contribution is 5.95. The Kier molecular flexibility index (Phi) is 6.84.